The van der Waals surface area contributed by atoms with Gasteiger partial charge in [0, 0.05) is 41.7 Å². The van der Waals surface area contributed by atoms with Crippen molar-refractivity contribution in [2.45, 2.75) is 0 Å². The average Bonchev–Trinajstić information content (AvgIpc) is 2.66. The van der Waals surface area contributed by atoms with E-state index in [2.05, 4.69) is 5.32 Å². The molecule has 0 aromatic heterocycles. The van der Waals surface area contributed by atoms with Gasteiger partial charge in [-0.1, -0.05) is 0 Å². The number of benzene rings is 2. The van der Waals surface area contributed by atoms with Gasteiger partial charge in [0.15, 0.2) is 17.3 Å². The standard InChI is InChI=1S/C19H21NO5/c1-22-15-10-14(11-16(12-15)23-2)20-8-7-17(21)13-5-6-18(24-3)19(9-13)25-4/h5-12,20H,1-4H3/b8-7+. The van der Waals surface area contributed by atoms with Crippen LogP contribution >= 0.6 is 0 Å². The van der Waals surface area contributed by atoms with Crippen molar-refractivity contribution < 1.29 is 23.7 Å². The fourth-order valence-electron chi connectivity index (χ4n) is 2.19. The number of rotatable bonds is 8. The Morgan fingerprint density at radius 3 is 2.04 bits per heavy atom. The van der Waals surface area contributed by atoms with Crippen molar-refractivity contribution in [2.24, 2.45) is 0 Å². The van der Waals surface area contributed by atoms with Crippen LogP contribution in [0.3, 0.4) is 0 Å². The van der Waals surface area contributed by atoms with Crippen LogP contribution in [0.1, 0.15) is 10.4 Å². The second-order valence-corrected chi connectivity index (χ2v) is 5.01. The molecule has 0 fully saturated rings. The number of carbonyl (C=O) groups is 1. The van der Waals surface area contributed by atoms with E-state index in [9.17, 15) is 4.79 Å². The Labute approximate surface area is 147 Å². The highest BCUT2D eigenvalue weighted by Crippen LogP contribution is 2.28. The molecule has 1 N–H and O–H groups in total. The maximum Gasteiger partial charge on any atom is 0.187 e. The summed E-state index contributed by atoms with van der Waals surface area (Å²) < 4.78 is 20.8. The van der Waals surface area contributed by atoms with Gasteiger partial charge >= 0.3 is 0 Å². The molecule has 0 spiro atoms. The Morgan fingerprint density at radius 1 is 0.840 bits per heavy atom. The molecule has 2 rings (SSSR count). The molecule has 6 nitrogen and oxygen atoms in total. The molecule has 0 saturated heterocycles. The van der Waals surface area contributed by atoms with Crippen LogP contribution in [0, 0.1) is 0 Å². The van der Waals surface area contributed by atoms with E-state index in [1.165, 1.54) is 13.2 Å². The molecule has 25 heavy (non-hydrogen) atoms. The predicted octanol–water partition coefficient (Wildman–Crippen LogP) is 3.53. The highest BCUT2D eigenvalue weighted by atomic mass is 16.5. The smallest absolute Gasteiger partial charge is 0.187 e. The molecular weight excluding hydrogens is 322 g/mol. The van der Waals surface area contributed by atoms with Gasteiger partial charge in [0.2, 0.25) is 0 Å². The van der Waals surface area contributed by atoms with Crippen molar-refractivity contribution >= 4 is 11.5 Å². The lowest BCUT2D eigenvalue weighted by Gasteiger charge is -2.09. The lowest BCUT2D eigenvalue weighted by Crippen LogP contribution is -1.99. The van der Waals surface area contributed by atoms with Crippen molar-refractivity contribution in [3.8, 4) is 23.0 Å². The van der Waals surface area contributed by atoms with Gasteiger partial charge in [0.05, 0.1) is 28.4 Å². The number of ether oxygens (including phenoxy) is 4. The molecule has 2 aromatic carbocycles. The van der Waals surface area contributed by atoms with Crippen molar-refractivity contribution in [3.63, 3.8) is 0 Å². The second kappa shape index (κ2) is 8.63. The molecule has 0 heterocycles. The van der Waals surface area contributed by atoms with Crippen LogP contribution < -0.4 is 24.3 Å². The van der Waals surface area contributed by atoms with Crippen LogP contribution in [0.2, 0.25) is 0 Å². The van der Waals surface area contributed by atoms with Gasteiger partial charge in [0.25, 0.3) is 0 Å². The number of anilines is 1. The van der Waals surface area contributed by atoms with Gasteiger partial charge < -0.3 is 24.3 Å². The van der Waals surface area contributed by atoms with E-state index in [0.717, 1.165) is 5.69 Å². The van der Waals surface area contributed by atoms with Crippen molar-refractivity contribution in [3.05, 3.63) is 54.2 Å². The topological polar surface area (TPSA) is 66.0 Å². The summed E-state index contributed by atoms with van der Waals surface area (Å²) in [7, 11) is 6.23. The molecule has 0 unspecified atom stereocenters. The predicted molar refractivity (Wildman–Crippen MR) is 96.2 cm³/mol. The SMILES string of the molecule is COc1cc(N/C=C/C(=O)c2ccc(OC)c(OC)c2)cc(OC)c1. The summed E-state index contributed by atoms with van der Waals surface area (Å²) in [6, 6.07) is 10.4. The normalized spacial score (nSPS) is 10.4. The van der Waals surface area contributed by atoms with E-state index in [0.29, 0.717) is 28.6 Å². The zero-order valence-corrected chi connectivity index (χ0v) is 14.7. The molecule has 132 valence electrons. The molecule has 0 bridgehead atoms. The van der Waals surface area contributed by atoms with E-state index in [-0.39, 0.29) is 5.78 Å². The van der Waals surface area contributed by atoms with E-state index < -0.39 is 0 Å². The summed E-state index contributed by atoms with van der Waals surface area (Å²) in [5, 5.41) is 3.03. The van der Waals surface area contributed by atoms with Crippen LogP contribution in [-0.4, -0.2) is 34.2 Å². The fraction of sp³-hybridized carbons (Fsp3) is 0.211. The molecular formula is C19H21NO5. The minimum Gasteiger partial charge on any atom is -0.497 e. The molecule has 0 amide bonds. The number of ketones is 1. The van der Waals surface area contributed by atoms with E-state index >= 15 is 0 Å². The van der Waals surface area contributed by atoms with Gasteiger partial charge in [-0.2, -0.15) is 0 Å². The van der Waals surface area contributed by atoms with Crippen LogP contribution in [0.25, 0.3) is 0 Å². The number of hydrogen-bond acceptors (Lipinski definition) is 6. The monoisotopic (exact) mass is 343 g/mol. The molecule has 0 saturated carbocycles. The number of methoxy groups -OCH3 is 4. The first-order chi connectivity index (χ1) is 12.1. The van der Waals surface area contributed by atoms with E-state index in [1.54, 1.807) is 63.9 Å². The first-order valence-electron chi connectivity index (χ1n) is 7.53. The highest BCUT2D eigenvalue weighted by Gasteiger charge is 2.08. The number of carbonyl (C=O) groups excluding carboxylic acids is 1. The van der Waals surface area contributed by atoms with E-state index in [1.807, 2.05) is 0 Å². The molecule has 2 aromatic rings. The number of allylic oxidation sites excluding steroid dienone is 1. The van der Waals surface area contributed by atoms with Gasteiger partial charge in [-0.05, 0) is 18.2 Å². The quantitative estimate of drug-likeness (QED) is 0.584. The Balaban J connectivity index is 2.10. The Hall–Kier alpha value is -3.15. The van der Waals surface area contributed by atoms with Crippen LogP contribution in [0.4, 0.5) is 5.69 Å². The molecule has 0 aliphatic carbocycles. The summed E-state index contributed by atoms with van der Waals surface area (Å²) in [5.74, 6) is 2.23. The lowest BCUT2D eigenvalue weighted by atomic mass is 10.1. The lowest BCUT2D eigenvalue weighted by molar-refractivity contribution is 0.104. The summed E-state index contributed by atoms with van der Waals surface area (Å²) >= 11 is 0. The first-order valence-corrected chi connectivity index (χ1v) is 7.53. The minimum atomic E-state index is -0.164. The van der Waals surface area contributed by atoms with E-state index in [4.69, 9.17) is 18.9 Å². The van der Waals surface area contributed by atoms with Gasteiger partial charge in [-0.3, -0.25) is 4.79 Å². The molecule has 0 radical (unpaired) electrons. The maximum atomic E-state index is 12.3. The number of nitrogens with one attached hydrogen (secondary N) is 1. The fourth-order valence-corrected chi connectivity index (χ4v) is 2.19. The number of hydrogen-bond donors (Lipinski definition) is 1. The van der Waals surface area contributed by atoms with Crippen LogP contribution in [0.5, 0.6) is 23.0 Å². The van der Waals surface area contributed by atoms with Crippen molar-refractivity contribution in [1.82, 2.24) is 0 Å². The highest BCUT2D eigenvalue weighted by molar-refractivity contribution is 6.05. The third kappa shape index (κ3) is 4.67. The molecule has 0 atom stereocenters. The molecule has 0 aliphatic heterocycles. The zero-order chi connectivity index (χ0) is 18.2. The average molecular weight is 343 g/mol. The van der Waals surface area contributed by atoms with Gasteiger partial charge in [-0.15, -0.1) is 0 Å². The van der Waals surface area contributed by atoms with Gasteiger partial charge in [0.1, 0.15) is 11.5 Å². The third-order valence-corrected chi connectivity index (χ3v) is 3.50. The minimum absolute atomic E-state index is 0.164. The first kappa shape index (κ1) is 18.2. The summed E-state index contributed by atoms with van der Waals surface area (Å²) in [6.07, 6.45) is 3.00. The summed E-state index contributed by atoms with van der Waals surface area (Å²) in [5.41, 5.74) is 1.24. The molecule has 6 heteroatoms. The van der Waals surface area contributed by atoms with Crippen LogP contribution in [0.15, 0.2) is 48.7 Å². The zero-order valence-electron chi connectivity index (χ0n) is 14.7. The maximum absolute atomic E-state index is 12.3. The van der Waals surface area contributed by atoms with Crippen molar-refractivity contribution in [2.75, 3.05) is 33.8 Å². The van der Waals surface area contributed by atoms with Gasteiger partial charge in [-0.25, -0.2) is 0 Å². The Bertz CT molecular complexity index is 748. The summed E-state index contributed by atoms with van der Waals surface area (Å²) in [4.78, 5) is 12.3. The molecule has 0 aliphatic rings. The largest absolute Gasteiger partial charge is 0.497 e. The second-order valence-electron chi connectivity index (χ2n) is 5.01. The van der Waals surface area contributed by atoms with Crippen molar-refractivity contribution in [1.29, 1.82) is 0 Å². The Morgan fingerprint density at radius 2 is 1.48 bits per heavy atom. The van der Waals surface area contributed by atoms with Crippen LogP contribution in [-0.2, 0) is 0 Å². The third-order valence-electron chi connectivity index (χ3n) is 3.50. The summed E-state index contributed by atoms with van der Waals surface area (Å²) in [6.45, 7) is 0. The Kier molecular flexibility index (Phi) is 6.28.